The molecule has 11 heavy (non-hydrogen) atoms. The summed E-state index contributed by atoms with van der Waals surface area (Å²) in [5, 5.41) is 0. The van der Waals surface area contributed by atoms with Gasteiger partial charge in [-0.05, 0) is 12.1 Å². The maximum atomic E-state index is 10.2. The molecule has 1 atom stereocenters. The van der Waals surface area contributed by atoms with Crippen LogP contribution in [0.25, 0.3) is 0 Å². The molecule has 2 nitrogen and oxygen atoms in total. The first-order valence-corrected chi connectivity index (χ1v) is 3.80. The Kier molecular flexibility index (Phi) is 2.47. The number of hydrogen-bond acceptors (Lipinski definition) is 1. The van der Waals surface area contributed by atoms with Crippen molar-refractivity contribution in [2.24, 2.45) is 7.05 Å². The van der Waals surface area contributed by atoms with Gasteiger partial charge in [-0.1, -0.05) is 6.92 Å². The summed E-state index contributed by atoms with van der Waals surface area (Å²) in [6.07, 6.45) is 3.58. The minimum Gasteiger partial charge on any atom is -0.354 e. The third-order valence-corrected chi connectivity index (χ3v) is 1.94. The Morgan fingerprint density at radius 1 is 1.73 bits per heavy atom. The number of carbonyl (C=O) groups is 1. The van der Waals surface area contributed by atoms with Crippen LogP contribution in [0.15, 0.2) is 18.3 Å². The van der Waals surface area contributed by atoms with Crippen LogP contribution in [-0.4, -0.2) is 10.9 Å². The zero-order valence-corrected chi connectivity index (χ0v) is 6.95. The lowest BCUT2D eigenvalue weighted by molar-refractivity contribution is -0.108. The van der Waals surface area contributed by atoms with Gasteiger partial charge in [-0.2, -0.15) is 0 Å². The molecule has 0 aromatic carbocycles. The van der Waals surface area contributed by atoms with Crippen molar-refractivity contribution < 1.29 is 4.79 Å². The van der Waals surface area contributed by atoms with Crippen LogP contribution < -0.4 is 0 Å². The summed E-state index contributed by atoms with van der Waals surface area (Å²) in [4.78, 5) is 10.2. The van der Waals surface area contributed by atoms with Crippen LogP contribution in [0.4, 0.5) is 0 Å². The third kappa shape index (κ3) is 1.70. The van der Waals surface area contributed by atoms with E-state index < -0.39 is 0 Å². The van der Waals surface area contributed by atoms with E-state index in [-0.39, 0.29) is 0 Å². The molecule has 0 aliphatic heterocycles. The SMILES string of the molecule is CC(CC=O)c1cccn1C. The van der Waals surface area contributed by atoms with Crippen molar-refractivity contribution >= 4 is 6.29 Å². The number of carbonyl (C=O) groups excluding carboxylic acids is 1. The lowest BCUT2D eigenvalue weighted by Crippen LogP contribution is -2.00. The predicted octanol–water partition coefficient (Wildman–Crippen LogP) is 1.72. The van der Waals surface area contributed by atoms with E-state index in [1.54, 1.807) is 0 Å². The van der Waals surface area contributed by atoms with Gasteiger partial charge in [0.1, 0.15) is 6.29 Å². The Labute approximate surface area is 66.8 Å². The highest BCUT2D eigenvalue weighted by Gasteiger charge is 2.06. The summed E-state index contributed by atoms with van der Waals surface area (Å²) in [6.45, 7) is 2.06. The normalized spacial score (nSPS) is 12.9. The van der Waals surface area contributed by atoms with Gasteiger partial charge in [-0.15, -0.1) is 0 Å². The second-order valence-electron chi connectivity index (χ2n) is 2.85. The largest absolute Gasteiger partial charge is 0.354 e. The lowest BCUT2D eigenvalue weighted by atomic mass is 10.1. The van der Waals surface area contributed by atoms with E-state index in [0.717, 1.165) is 6.29 Å². The predicted molar refractivity (Wildman–Crippen MR) is 44.5 cm³/mol. The van der Waals surface area contributed by atoms with Gasteiger partial charge in [0.25, 0.3) is 0 Å². The quantitative estimate of drug-likeness (QED) is 0.603. The average molecular weight is 151 g/mol. The molecule has 1 rings (SSSR count). The van der Waals surface area contributed by atoms with Gasteiger partial charge >= 0.3 is 0 Å². The molecule has 0 aliphatic rings. The first-order chi connectivity index (χ1) is 5.25. The van der Waals surface area contributed by atoms with Crippen molar-refractivity contribution in [1.29, 1.82) is 0 Å². The van der Waals surface area contributed by atoms with Crippen molar-refractivity contribution in [3.05, 3.63) is 24.0 Å². The summed E-state index contributed by atoms with van der Waals surface area (Å²) in [5.74, 6) is 0.340. The van der Waals surface area contributed by atoms with E-state index in [4.69, 9.17) is 0 Å². The standard InChI is InChI=1S/C9H13NO/c1-8(5-7-11)9-4-3-6-10(9)2/h3-4,6-8H,5H2,1-2H3. The van der Waals surface area contributed by atoms with Gasteiger partial charge in [-0.25, -0.2) is 0 Å². The van der Waals surface area contributed by atoms with Crippen LogP contribution >= 0.6 is 0 Å². The highest BCUT2D eigenvalue weighted by molar-refractivity contribution is 5.51. The summed E-state index contributed by atoms with van der Waals surface area (Å²) < 4.78 is 2.05. The fourth-order valence-corrected chi connectivity index (χ4v) is 1.25. The Hall–Kier alpha value is -1.05. The highest BCUT2D eigenvalue weighted by Crippen LogP contribution is 2.16. The zero-order valence-electron chi connectivity index (χ0n) is 6.95. The number of aryl methyl sites for hydroxylation is 1. The number of aldehydes is 1. The van der Waals surface area contributed by atoms with Crippen LogP contribution in [0.5, 0.6) is 0 Å². The molecule has 0 fully saturated rings. The van der Waals surface area contributed by atoms with E-state index in [1.807, 2.05) is 29.9 Å². The molecular formula is C9H13NO. The Balaban J connectivity index is 2.74. The first-order valence-electron chi connectivity index (χ1n) is 3.80. The molecule has 2 heteroatoms. The van der Waals surface area contributed by atoms with E-state index >= 15 is 0 Å². The highest BCUT2D eigenvalue weighted by atomic mass is 16.1. The first kappa shape index (κ1) is 8.05. The zero-order chi connectivity index (χ0) is 8.27. The molecule has 0 amide bonds. The minimum absolute atomic E-state index is 0.340. The number of rotatable bonds is 3. The van der Waals surface area contributed by atoms with E-state index in [2.05, 4.69) is 6.92 Å². The average Bonchev–Trinajstić information content (AvgIpc) is 2.36. The second-order valence-corrected chi connectivity index (χ2v) is 2.85. The third-order valence-electron chi connectivity index (χ3n) is 1.94. The summed E-state index contributed by atoms with van der Waals surface area (Å²) >= 11 is 0. The van der Waals surface area contributed by atoms with E-state index in [0.29, 0.717) is 12.3 Å². The summed E-state index contributed by atoms with van der Waals surface area (Å²) in [7, 11) is 2.00. The van der Waals surface area contributed by atoms with Gasteiger partial charge in [-0.3, -0.25) is 0 Å². The topological polar surface area (TPSA) is 22.0 Å². The van der Waals surface area contributed by atoms with Crippen LogP contribution in [0.1, 0.15) is 25.0 Å². The molecule has 1 unspecified atom stereocenters. The molecule has 0 saturated heterocycles. The summed E-state index contributed by atoms with van der Waals surface area (Å²) in [5.41, 5.74) is 1.22. The summed E-state index contributed by atoms with van der Waals surface area (Å²) in [6, 6.07) is 4.05. The van der Waals surface area contributed by atoms with Crippen LogP contribution in [0.3, 0.4) is 0 Å². The van der Waals surface area contributed by atoms with Gasteiger partial charge in [0.15, 0.2) is 0 Å². The van der Waals surface area contributed by atoms with Crippen molar-refractivity contribution in [2.75, 3.05) is 0 Å². The van der Waals surface area contributed by atoms with E-state index in [1.165, 1.54) is 5.69 Å². The maximum absolute atomic E-state index is 10.2. The van der Waals surface area contributed by atoms with Gasteiger partial charge < -0.3 is 9.36 Å². The fraction of sp³-hybridized carbons (Fsp3) is 0.444. The van der Waals surface area contributed by atoms with Crippen molar-refractivity contribution in [3.63, 3.8) is 0 Å². The van der Waals surface area contributed by atoms with Crippen molar-refractivity contribution in [2.45, 2.75) is 19.3 Å². The molecule has 1 aromatic rings. The van der Waals surface area contributed by atoms with Crippen LogP contribution in [0, 0.1) is 0 Å². The Morgan fingerprint density at radius 2 is 2.45 bits per heavy atom. The molecule has 0 spiro atoms. The maximum Gasteiger partial charge on any atom is 0.120 e. The molecule has 1 aromatic heterocycles. The van der Waals surface area contributed by atoms with Crippen LogP contribution in [0.2, 0.25) is 0 Å². The molecule has 0 aliphatic carbocycles. The van der Waals surface area contributed by atoms with Gasteiger partial charge in [0.2, 0.25) is 0 Å². The molecule has 0 radical (unpaired) electrons. The van der Waals surface area contributed by atoms with Gasteiger partial charge in [0.05, 0.1) is 0 Å². The Morgan fingerprint density at radius 3 is 2.91 bits per heavy atom. The molecule has 60 valence electrons. The molecule has 0 saturated carbocycles. The minimum atomic E-state index is 0.340. The number of aromatic nitrogens is 1. The second kappa shape index (κ2) is 3.37. The van der Waals surface area contributed by atoms with Crippen molar-refractivity contribution in [3.8, 4) is 0 Å². The Bertz CT molecular complexity index is 239. The fourth-order valence-electron chi connectivity index (χ4n) is 1.25. The van der Waals surface area contributed by atoms with Gasteiger partial charge in [0, 0.05) is 31.3 Å². The monoisotopic (exact) mass is 151 g/mol. The molecule has 0 bridgehead atoms. The molecule has 1 heterocycles. The smallest absolute Gasteiger partial charge is 0.120 e. The van der Waals surface area contributed by atoms with E-state index in [9.17, 15) is 4.79 Å². The number of nitrogens with zero attached hydrogens (tertiary/aromatic N) is 1. The lowest BCUT2D eigenvalue weighted by Gasteiger charge is -2.08. The number of hydrogen-bond donors (Lipinski definition) is 0. The van der Waals surface area contributed by atoms with Crippen LogP contribution in [-0.2, 0) is 11.8 Å². The molecule has 0 N–H and O–H groups in total. The molecular weight excluding hydrogens is 138 g/mol. The van der Waals surface area contributed by atoms with Crippen molar-refractivity contribution in [1.82, 2.24) is 4.57 Å².